The van der Waals surface area contributed by atoms with Gasteiger partial charge in [0.05, 0.1) is 14.2 Å². The van der Waals surface area contributed by atoms with Crippen LogP contribution in [0.15, 0.2) is 72.8 Å². The zero-order valence-electron chi connectivity index (χ0n) is 18.5. The highest BCUT2D eigenvalue weighted by Crippen LogP contribution is 2.36. The van der Waals surface area contributed by atoms with E-state index < -0.39 is 6.10 Å². The maximum Gasteiger partial charge on any atom is 0.258 e. The highest BCUT2D eigenvalue weighted by atomic mass is 16.5. The molecule has 2 N–H and O–H groups in total. The molecule has 0 radical (unpaired) electrons. The van der Waals surface area contributed by atoms with E-state index >= 15 is 0 Å². The Balaban J connectivity index is 1.39. The Morgan fingerprint density at radius 2 is 1.42 bits per heavy atom. The van der Waals surface area contributed by atoms with Crippen LogP contribution in [0.1, 0.15) is 0 Å². The fraction of sp³-hybridized carbons (Fsp3) is 0.240. The fourth-order valence-corrected chi connectivity index (χ4v) is 2.86. The molecule has 0 fully saturated rings. The van der Waals surface area contributed by atoms with E-state index in [1.165, 1.54) is 14.2 Å². The van der Waals surface area contributed by atoms with Crippen LogP contribution in [0.2, 0.25) is 0 Å². The van der Waals surface area contributed by atoms with Crippen LogP contribution in [0.3, 0.4) is 0 Å². The first-order valence-corrected chi connectivity index (χ1v) is 10.3. The lowest BCUT2D eigenvalue weighted by atomic mass is 10.3. The van der Waals surface area contributed by atoms with Crippen molar-refractivity contribution in [2.45, 2.75) is 6.10 Å². The molecule has 0 aliphatic carbocycles. The summed E-state index contributed by atoms with van der Waals surface area (Å²) in [7, 11) is 3.03. The van der Waals surface area contributed by atoms with Gasteiger partial charge in [0.25, 0.3) is 5.91 Å². The van der Waals surface area contributed by atoms with E-state index in [-0.39, 0.29) is 25.7 Å². The van der Waals surface area contributed by atoms with Crippen LogP contribution in [0.5, 0.6) is 34.5 Å². The number of hydrogen-bond acceptors (Lipinski definition) is 7. The Morgan fingerprint density at radius 1 is 0.818 bits per heavy atom. The molecule has 33 heavy (non-hydrogen) atoms. The van der Waals surface area contributed by atoms with Gasteiger partial charge in [-0.15, -0.1) is 0 Å². The summed E-state index contributed by atoms with van der Waals surface area (Å²) in [4.78, 5) is 12.1. The Morgan fingerprint density at radius 3 is 2.06 bits per heavy atom. The quantitative estimate of drug-likeness (QED) is 0.434. The second-order valence-corrected chi connectivity index (χ2v) is 6.94. The summed E-state index contributed by atoms with van der Waals surface area (Å²) in [5.74, 6) is 2.91. The van der Waals surface area contributed by atoms with E-state index in [1.807, 2.05) is 30.3 Å². The van der Waals surface area contributed by atoms with E-state index in [9.17, 15) is 9.90 Å². The second kappa shape index (κ2) is 12.2. The summed E-state index contributed by atoms with van der Waals surface area (Å²) in [5, 5.41) is 12.8. The molecule has 3 rings (SSSR count). The third-order valence-corrected chi connectivity index (χ3v) is 4.51. The summed E-state index contributed by atoms with van der Waals surface area (Å²) in [6.07, 6.45) is -0.932. The smallest absolute Gasteiger partial charge is 0.258 e. The predicted molar refractivity (Wildman–Crippen MR) is 123 cm³/mol. The van der Waals surface area contributed by atoms with Crippen LogP contribution in [0.4, 0.5) is 0 Å². The lowest BCUT2D eigenvalue weighted by molar-refractivity contribution is -0.123. The highest BCUT2D eigenvalue weighted by molar-refractivity contribution is 5.77. The molecule has 1 atom stereocenters. The number of rotatable bonds is 12. The molecule has 0 heterocycles. The van der Waals surface area contributed by atoms with Crippen molar-refractivity contribution in [1.29, 1.82) is 0 Å². The number of methoxy groups -OCH3 is 2. The molecule has 8 nitrogen and oxygen atoms in total. The number of carbonyl (C=O) groups is 1. The van der Waals surface area contributed by atoms with Crippen molar-refractivity contribution in [2.75, 3.05) is 34.0 Å². The van der Waals surface area contributed by atoms with E-state index in [4.69, 9.17) is 23.7 Å². The number of carbonyl (C=O) groups excluding carboxylic acids is 1. The molecule has 0 aliphatic heterocycles. The first-order valence-electron chi connectivity index (χ1n) is 10.3. The third-order valence-electron chi connectivity index (χ3n) is 4.51. The van der Waals surface area contributed by atoms with Crippen molar-refractivity contribution in [3.8, 4) is 34.5 Å². The number of benzene rings is 3. The van der Waals surface area contributed by atoms with E-state index in [2.05, 4.69) is 5.32 Å². The number of hydrogen-bond donors (Lipinski definition) is 2. The van der Waals surface area contributed by atoms with Crippen LogP contribution in [0.25, 0.3) is 0 Å². The van der Waals surface area contributed by atoms with E-state index in [1.54, 1.807) is 42.5 Å². The van der Waals surface area contributed by atoms with Gasteiger partial charge >= 0.3 is 0 Å². The zero-order chi connectivity index (χ0) is 23.5. The molecule has 0 saturated heterocycles. The number of amides is 1. The summed E-state index contributed by atoms with van der Waals surface area (Å²) >= 11 is 0. The van der Waals surface area contributed by atoms with Crippen molar-refractivity contribution in [2.24, 2.45) is 0 Å². The average molecular weight is 453 g/mol. The molecule has 0 spiro atoms. The number of aliphatic hydroxyl groups excluding tert-OH is 1. The molecule has 3 aromatic rings. The molecular weight excluding hydrogens is 426 g/mol. The maximum atomic E-state index is 12.1. The van der Waals surface area contributed by atoms with Crippen molar-refractivity contribution in [1.82, 2.24) is 5.32 Å². The van der Waals surface area contributed by atoms with Gasteiger partial charge in [0, 0.05) is 6.54 Å². The molecule has 8 heteroatoms. The van der Waals surface area contributed by atoms with Crippen LogP contribution in [-0.2, 0) is 4.79 Å². The van der Waals surface area contributed by atoms with Crippen molar-refractivity contribution in [3.05, 3.63) is 72.8 Å². The lowest BCUT2D eigenvalue weighted by Crippen LogP contribution is -2.37. The number of ether oxygens (including phenoxy) is 5. The Labute approximate surface area is 192 Å². The van der Waals surface area contributed by atoms with Gasteiger partial charge in [-0.2, -0.15) is 0 Å². The third kappa shape index (κ3) is 7.33. The molecule has 3 aromatic carbocycles. The largest absolute Gasteiger partial charge is 0.493 e. The number of nitrogens with one attached hydrogen (secondary N) is 1. The van der Waals surface area contributed by atoms with Crippen LogP contribution in [-0.4, -0.2) is 51.1 Å². The van der Waals surface area contributed by atoms with Crippen molar-refractivity contribution < 1.29 is 33.6 Å². The summed E-state index contributed by atoms with van der Waals surface area (Å²) in [5.41, 5.74) is 0. The average Bonchev–Trinajstić information content (AvgIpc) is 2.86. The summed E-state index contributed by atoms with van der Waals surface area (Å²) in [6, 6.07) is 21.6. The molecule has 0 aromatic heterocycles. The normalized spacial score (nSPS) is 11.2. The van der Waals surface area contributed by atoms with Gasteiger partial charge < -0.3 is 34.1 Å². The zero-order valence-corrected chi connectivity index (χ0v) is 18.5. The van der Waals surface area contributed by atoms with Crippen LogP contribution in [0, 0.1) is 0 Å². The number of aliphatic hydroxyl groups is 1. The topological polar surface area (TPSA) is 95.5 Å². The SMILES string of the molecule is COc1cccc(OC)c1OCC(O)CNC(=O)COc1ccc(Oc2ccccc2)cc1. The minimum Gasteiger partial charge on any atom is -0.493 e. The lowest BCUT2D eigenvalue weighted by Gasteiger charge is -2.17. The van der Waals surface area contributed by atoms with Gasteiger partial charge in [0.15, 0.2) is 18.1 Å². The van der Waals surface area contributed by atoms with Gasteiger partial charge in [0.2, 0.25) is 5.75 Å². The van der Waals surface area contributed by atoms with Gasteiger partial charge in [-0.25, -0.2) is 0 Å². The van der Waals surface area contributed by atoms with E-state index in [0.717, 1.165) is 5.75 Å². The molecule has 1 unspecified atom stereocenters. The minimum atomic E-state index is -0.932. The monoisotopic (exact) mass is 453 g/mol. The van der Waals surface area contributed by atoms with Gasteiger partial charge in [-0.1, -0.05) is 24.3 Å². The van der Waals surface area contributed by atoms with Crippen LogP contribution >= 0.6 is 0 Å². The molecule has 0 aliphatic rings. The molecule has 0 saturated carbocycles. The molecule has 174 valence electrons. The first kappa shape index (κ1) is 23.7. The van der Waals surface area contributed by atoms with Gasteiger partial charge in [0.1, 0.15) is 30.0 Å². The van der Waals surface area contributed by atoms with Gasteiger partial charge in [-0.05, 0) is 48.5 Å². The van der Waals surface area contributed by atoms with E-state index in [0.29, 0.717) is 28.7 Å². The standard InChI is InChI=1S/C25H27NO7/c1-29-22-9-6-10-23(30-2)25(22)32-16-18(27)15-26-24(28)17-31-19-11-13-21(14-12-19)33-20-7-4-3-5-8-20/h3-14,18,27H,15-17H2,1-2H3,(H,26,28). The summed E-state index contributed by atoms with van der Waals surface area (Å²) in [6.45, 7) is -0.239. The minimum absolute atomic E-state index is 0.00348. The Bertz CT molecular complexity index is 987. The van der Waals surface area contributed by atoms with Crippen LogP contribution < -0.4 is 29.0 Å². The van der Waals surface area contributed by atoms with Crippen molar-refractivity contribution >= 4 is 5.91 Å². The number of para-hydroxylation sites is 2. The second-order valence-electron chi connectivity index (χ2n) is 6.94. The molecule has 1 amide bonds. The highest BCUT2D eigenvalue weighted by Gasteiger charge is 2.14. The fourth-order valence-electron chi connectivity index (χ4n) is 2.86. The molecule has 0 bridgehead atoms. The summed E-state index contributed by atoms with van der Waals surface area (Å²) < 4.78 is 27.3. The molecular formula is C25H27NO7. The Kier molecular flexibility index (Phi) is 8.79. The van der Waals surface area contributed by atoms with Gasteiger partial charge in [-0.3, -0.25) is 4.79 Å². The maximum absolute atomic E-state index is 12.1. The Hall–Kier alpha value is -3.91. The van der Waals surface area contributed by atoms with Crippen molar-refractivity contribution in [3.63, 3.8) is 0 Å². The predicted octanol–water partition coefficient (Wildman–Crippen LogP) is 3.43. The first-order chi connectivity index (χ1) is 16.1.